The van der Waals surface area contributed by atoms with E-state index in [9.17, 15) is 0 Å². The van der Waals surface area contributed by atoms with Crippen molar-refractivity contribution in [1.82, 2.24) is 14.6 Å². The van der Waals surface area contributed by atoms with Crippen LogP contribution < -0.4 is 11.1 Å². The molecule has 3 atom stereocenters. The maximum atomic E-state index is 6.07. The van der Waals surface area contributed by atoms with E-state index in [1.54, 1.807) is 0 Å². The monoisotopic (exact) mass is 313 g/mol. The first kappa shape index (κ1) is 14.9. The largest absolute Gasteiger partial charge is 0.367 e. The molecule has 124 valence electrons. The predicted molar refractivity (Wildman–Crippen MR) is 92.7 cm³/mol. The minimum absolute atomic E-state index is 0.332. The highest BCUT2D eigenvalue weighted by atomic mass is 15.3. The van der Waals surface area contributed by atoms with Crippen LogP contribution in [-0.2, 0) is 0 Å². The average Bonchev–Trinajstić information content (AvgIpc) is 3.18. The van der Waals surface area contributed by atoms with Crippen LogP contribution >= 0.6 is 0 Å². The molecule has 2 aromatic heterocycles. The highest BCUT2D eigenvalue weighted by Gasteiger charge is 2.33. The van der Waals surface area contributed by atoms with E-state index in [1.807, 2.05) is 10.7 Å². The van der Waals surface area contributed by atoms with Crippen molar-refractivity contribution in [2.45, 2.75) is 70.4 Å². The molecule has 23 heavy (non-hydrogen) atoms. The van der Waals surface area contributed by atoms with Gasteiger partial charge in [0.2, 0.25) is 0 Å². The number of nitrogens with two attached hydrogens (primary N) is 1. The quantitative estimate of drug-likeness (QED) is 0.889. The zero-order chi connectivity index (χ0) is 16.0. The van der Waals surface area contributed by atoms with Crippen LogP contribution in [0.3, 0.4) is 0 Å². The Labute approximate surface area is 137 Å². The third kappa shape index (κ3) is 2.82. The van der Waals surface area contributed by atoms with Gasteiger partial charge in [-0.15, -0.1) is 0 Å². The molecule has 0 unspecified atom stereocenters. The van der Waals surface area contributed by atoms with Gasteiger partial charge in [-0.2, -0.15) is 9.61 Å². The first-order valence-electron chi connectivity index (χ1n) is 9.03. The summed E-state index contributed by atoms with van der Waals surface area (Å²) in [5.41, 5.74) is 9.44. The second-order valence-corrected chi connectivity index (χ2v) is 7.40. The number of aryl methyl sites for hydroxylation is 1. The lowest BCUT2D eigenvalue weighted by molar-refractivity contribution is 0.570. The summed E-state index contributed by atoms with van der Waals surface area (Å²) in [6.07, 6.45) is 9.06. The van der Waals surface area contributed by atoms with Crippen molar-refractivity contribution >= 4 is 11.5 Å². The number of aromatic nitrogens is 3. The summed E-state index contributed by atoms with van der Waals surface area (Å²) in [4.78, 5) is 4.95. The van der Waals surface area contributed by atoms with Crippen LogP contribution in [0.15, 0.2) is 12.3 Å². The van der Waals surface area contributed by atoms with E-state index in [-0.39, 0.29) is 0 Å². The molecule has 0 aliphatic heterocycles. The molecule has 2 fully saturated rings. The van der Waals surface area contributed by atoms with Gasteiger partial charge in [0.1, 0.15) is 5.82 Å². The number of anilines is 1. The van der Waals surface area contributed by atoms with Crippen molar-refractivity contribution in [1.29, 1.82) is 0 Å². The summed E-state index contributed by atoms with van der Waals surface area (Å²) in [7, 11) is 0. The summed E-state index contributed by atoms with van der Waals surface area (Å²) >= 11 is 0. The molecular weight excluding hydrogens is 286 g/mol. The van der Waals surface area contributed by atoms with E-state index in [0.29, 0.717) is 18.0 Å². The third-order valence-electron chi connectivity index (χ3n) is 5.50. The Hall–Kier alpha value is -1.62. The summed E-state index contributed by atoms with van der Waals surface area (Å²) < 4.78 is 1.96. The van der Waals surface area contributed by atoms with Crippen LogP contribution in [0.5, 0.6) is 0 Å². The summed E-state index contributed by atoms with van der Waals surface area (Å²) in [5.74, 6) is 2.49. The fraction of sp³-hybridized carbons (Fsp3) is 0.667. The predicted octanol–water partition coefficient (Wildman–Crippen LogP) is 3.23. The van der Waals surface area contributed by atoms with Gasteiger partial charge in [0.15, 0.2) is 5.65 Å². The van der Waals surface area contributed by atoms with Gasteiger partial charge in [0.05, 0.1) is 6.20 Å². The SMILES string of the molecule is CC[C@H](c1cc(N[C@H]2CC[C@H](N)C2)n2ncc(C)c2n1)C1CC1. The Morgan fingerprint density at radius 2 is 2.17 bits per heavy atom. The van der Waals surface area contributed by atoms with Crippen molar-refractivity contribution in [2.24, 2.45) is 11.7 Å². The van der Waals surface area contributed by atoms with Gasteiger partial charge in [0.25, 0.3) is 0 Å². The molecule has 0 saturated heterocycles. The van der Waals surface area contributed by atoms with Gasteiger partial charge >= 0.3 is 0 Å². The van der Waals surface area contributed by atoms with Gasteiger partial charge in [-0.25, -0.2) is 4.98 Å². The Morgan fingerprint density at radius 3 is 2.83 bits per heavy atom. The molecule has 2 aliphatic carbocycles. The lowest BCUT2D eigenvalue weighted by Crippen LogP contribution is -2.22. The minimum Gasteiger partial charge on any atom is -0.367 e. The van der Waals surface area contributed by atoms with Crippen LogP contribution in [-0.4, -0.2) is 26.7 Å². The number of nitrogens with one attached hydrogen (secondary N) is 1. The molecular formula is C18H27N5. The Kier molecular flexibility index (Phi) is 3.76. The van der Waals surface area contributed by atoms with E-state index < -0.39 is 0 Å². The van der Waals surface area contributed by atoms with Crippen LogP contribution in [0.1, 0.15) is 62.6 Å². The highest BCUT2D eigenvalue weighted by molar-refractivity contribution is 5.54. The van der Waals surface area contributed by atoms with E-state index in [1.165, 1.54) is 18.5 Å². The molecule has 2 aliphatic rings. The Balaban J connectivity index is 1.72. The molecule has 0 spiro atoms. The molecule has 2 heterocycles. The van der Waals surface area contributed by atoms with Gasteiger partial charge in [0, 0.05) is 35.3 Å². The topological polar surface area (TPSA) is 68.2 Å². The molecule has 0 radical (unpaired) electrons. The van der Waals surface area contributed by atoms with Crippen LogP contribution in [0.4, 0.5) is 5.82 Å². The van der Waals surface area contributed by atoms with Crippen molar-refractivity contribution < 1.29 is 0 Å². The van der Waals surface area contributed by atoms with Crippen molar-refractivity contribution in [2.75, 3.05) is 5.32 Å². The maximum absolute atomic E-state index is 6.07. The molecule has 3 N–H and O–H groups in total. The maximum Gasteiger partial charge on any atom is 0.160 e. The normalized spacial score (nSPS) is 25.9. The fourth-order valence-electron chi connectivity index (χ4n) is 4.02. The number of rotatable bonds is 5. The van der Waals surface area contributed by atoms with Gasteiger partial charge in [-0.05, 0) is 51.4 Å². The average molecular weight is 313 g/mol. The Bertz CT molecular complexity index is 703. The molecule has 4 rings (SSSR count). The lowest BCUT2D eigenvalue weighted by atomic mass is 9.96. The first-order valence-corrected chi connectivity index (χ1v) is 9.03. The van der Waals surface area contributed by atoms with Crippen LogP contribution in [0.2, 0.25) is 0 Å². The number of nitrogens with zero attached hydrogens (tertiary/aromatic N) is 3. The van der Waals surface area contributed by atoms with E-state index in [0.717, 1.165) is 48.6 Å². The van der Waals surface area contributed by atoms with Crippen molar-refractivity contribution in [3.8, 4) is 0 Å². The van der Waals surface area contributed by atoms with Gasteiger partial charge in [-0.3, -0.25) is 0 Å². The van der Waals surface area contributed by atoms with E-state index in [4.69, 9.17) is 10.7 Å². The minimum atomic E-state index is 0.332. The summed E-state index contributed by atoms with van der Waals surface area (Å²) in [5, 5.41) is 8.21. The number of hydrogen-bond acceptors (Lipinski definition) is 4. The second-order valence-electron chi connectivity index (χ2n) is 7.40. The van der Waals surface area contributed by atoms with E-state index in [2.05, 4.69) is 30.3 Å². The molecule has 0 bridgehead atoms. The molecule has 0 amide bonds. The zero-order valence-corrected chi connectivity index (χ0v) is 14.1. The molecule has 5 nitrogen and oxygen atoms in total. The number of hydrogen-bond donors (Lipinski definition) is 2. The van der Waals surface area contributed by atoms with E-state index >= 15 is 0 Å². The smallest absolute Gasteiger partial charge is 0.160 e. The molecule has 2 saturated carbocycles. The molecule has 5 heteroatoms. The molecule has 0 aromatic carbocycles. The number of fused-ring (bicyclic) bond motifs is 1. The fourth-order valence-corrected chi connectivity index (χ4v) is 4.02. The van der Waals surface area contributed by atoms with Crippen LogP contribution in [0.25, 0.3) is 5.65 Å². The summed E-state index contributed by atoms with van der Waals surface area (Å²) in [6.45, 7) is 4.37. The Morgan fingerprint density at radius 1 is 1.35 bits per heavy atom. The molecule has 2 aromatic rings. The summed E-state index contributed by atoms with van der Waals surface area (Å²) in [6, 6.07) is 3.02. The third-order valence-corrected chi connectivity index (χ3v) is 5.50. The van der Waals surface area contributed by atoms with Crippen LogP contribution in [0, 0.1) is 12.8 Å². The standard InChI is InChI=1S/C18H27N5/c1-3-15(12-4-5-12)16-9-17(21-14-7-6-13(19)8-14)23-18(22-16)11(2)10-20-23/h9-10,12-15,21H,3-8,19H2,1-2H3/t13-,14-,15-/m0/s1. The van der Waals surface area contributed by atoms with Crippen molar-refractivity contribution in [3.05, 3.63) is 23.5 Å². The first-order chi connectivity index (χ1) is 11.2. The highest BCUT2D eigenvalue weighted by Crippen LogP contribution is 2.44. The van der Waals surface area contributed by atoms with Gasteiger partial charge < -0.3 is 11.1 Å². The zero-order valence-electron chi connectivity index (χ0n) is 14.1. The van der Waals surface area contributed by atoms with Gasteiger partial charge in [-0.1, -0.05) is 6.92 Å². The lowest BCUT2D eigenvalue weighted by Gasteiger charge is -2.19. The second kappa shape index (κ2) is 5.78. The van der Waals surface area contributed by atoms with Crippen molar-refractivity contribution in [3.63, 3.8) is 0 Å².